The van der Waals surface area contributed by atoms with Gasteiger partial charge in [0.05, 0.1) is 0 Å². The molecule has 14 heavy (non-hydrogen) atoms. The molecule has 0 bridgehead atoms. The summed E-state index contributed by atoms with van der Waals surface area (Å²) in [5.41, 5.74) is 0. The first-order chi connectivity index (χ1) is 6.40. The van der Waals surface area contributed by atoms with Crippen LogP contribution < -0.4 is 5.32 Å². The standard InChI is InChI=1S/C11H17NS.ClH/c1-2-9-6-7-11(13-9)10-5-3-4-8-12-10;/h6-7,10,12H,2-5,8H2,1H3;1H/t10-;/m0./s1. The van der Waals surface area contributed by atoms with Gasteiger partial charge in [0, 0.05) is 15.8 Å². The molecule has 1 aromatic rings. The largest absolute Gasteiger partial charge is 0.309 e. The molecule has 0 spiro atoms. The zero-order chi connectivity index (χ0) is 9.10. The summed E-state index contributed by atoms with van der Waals surface area (Å²) in [6, 6.07) is 5.22. The summed E-state index contributed by atoms with van der Waals surface area (Å²) in [5.74, 6) is 0. The zero-order valence-electron chi connectivity index (χ0n) is 8.58. The lowest BCUT2D eigenvalue weighted by atomic mass is 10.0. The lowest BCUT2D eigenvalue weighted by molar-refractivity contribution is 0.417. The number of nitrogens with one attached hydrogen (secondary N) is 1. The van der Waals surface area contributed by atoms with Gasteiger partial charge in [-0.05, 0) is 37.9 Å². The van der Waals surface area contributed by atoms with Gasteiger partial charge in [0.25, 0.3) is 0 Å². The van der Waals surface area contributed by atoms with E-state index < -0.39 is 0 Å². The second-order valence-corrected chi connectivity index (χ2v) is 4.86. The number of aryl methyl sites for hydroxylation is 1. The molecule has 1 aromatic heterocycles. The summed E-state index contributed by atoms with van der Waals surface area (Å²) in [4.78, 5) is 3.05. The van der Waals surface area contributed by atoms with Crippen molar-refractivity contribution in [2.24, 2.45) is 0 Å². The molecule has 2 heterocycles. The van der Waals surface area contributed by atoms with E-state index in [4.69, 9.17) is 0 Å². The molecule has 1 atom stereocenters. The predicted molar refractivity (Wildman–Crippen MR) is 65.5 cm³/mol. The Morgan fingerprint density at radius 2 is 2.29 bits per heavy atom. The lowest BCUT2D eigenvalue weighted by Crippen LogP contribution is -2.25. The molecular weight excluding hydrogens is 214 g/mol. The Kier molecular flexibility index (Phi) is 4.93. The fraction of sp³-hybridized carbons (Fsp3) is 0.636. The SMILES string of the molecule is CCc1ccc([C@@H]2CCCCN2)s1.Cl. The highest BCUT2D eigenvalue weighted by Gasteiger charge is 2.15. The van der Waals surface area contributed by atoms with E-state index in [1.54, 1.807) is 0 Å². The fourth-order valence-corrected chi connectivity index (χ4v) is 2.93. The van der Waals surface area contributed by atoms with E-state index >= 15 is 0 Å². The predicted octanol–water partition coefficient (Wildman–Crippen LogP) is 3.55. The molecule has 0 radical (unpaired) electrons. The van der Waals surface area contributed by atoms with E-state index in [1.807, 2.05) is 11.3 Å². The molecule has 0 saturated carbocycles. The highest BCUT2D eigenvalue weighted by Crippen LogP contribution is 2.28. The molecule has 0 aliphatic carbocycles. The van der Waals surface area contributed by atoms with Crippen LogP contribution in [0.2, 0.25) is 0 Å². The Balaban J connectivity index is 0.000000980. The van der Waals surface area contributed by atoms with Crippen molar-refractivity contribution in [1.29, 1.82) is 0 Å². The fourth-order valence-electron chi connectivity index (χ4n) is 1.87. The monoisotopic (exact) mass is 231 g/mol. The Bertz CT molecular complexity index is 266. The number of hydrogen-bond acceptors (Lipinski definition) is 2. The minimum atomic E-state index is 0. The van der Waals surface area contributed by atoms with Crippen LogP contribution in [0.25, 0.3) is 0 Å². The molecule has 0 amide bonds. The minimum absolute atomic E-state index is 0. The molecule has 2 rings (SSSR count). The van der Waals surface area contributed by atoms with E-state index in [-0.39, 0.29) is 12.4 Å². The maximum Gasteiger partial charge on any atom is 0.0414 e. The van der Waals surface area contributed by atoms with Crippen LogP contribution >= 0.6 is 23.7 Å². The minimum Gasteiger partial charge on any atom is -0.309 e. The number of thiophene rings is 1. The zero-order valence-corrected chi connectivity index (χ0v) is 10.2. The number of hydrogen-bond donors (Lipinski definition) is 1. The first-order valence-corrected chi connectivity index (χ1v) is 6.04. The average molecular weight is 232 g/mol. The van der Waals surface area contributed by atoms with Crippen molar-refractivity contribution in [3.63, 3.8) is 0 Å². The first-order valence-electron chi connectivity index (χ1n) is 5.22. The Labute approximate surface area is 96.3 Å². The maximum atomic E-state index is 3.58. The maximum absolute atomic E-state index is 3.58. The van der Waals surface area contributed by atoms with Crippen LogP contribution in [0.5, 0.6) is 0 Å². The van der Waals surface area contributed by atoms with Crippen molar-refractivity contribution < 1.29 is 0 Å². The first kappa shape index (κ1) is 12.0. The summed E-state index contributed by atoms with van der Waals surface area (Å²) in [6.45, 7) is 3.42. The van der Waals surface area contributed by atoms with Crippen LogP contribution in [0.4, 0.5) is 0 Å². The summed E-state index contributed by atoms with van der Waals surface area (Å²) >= 11 is 1.98. The molecule has 1 aliphatic rings. The van der Waals surface area contributed by atoms with Crippen molar-refractivity contribution in [2.45, 2.75) is 38.6 Å². The molecule has 1 fully saturated rings. The van der Waals surface area contributed by atoms with Gasteiger partial charge in [-0.25, -0.2) is 0 Å². The van der Waals surface area contributed by atoms with Crippen LogP contribution in [-0.2, 0) is 6.42 Å². The topological polar surface area (TPSA) is 12.0 Å². The summed E-state index contributed by atoms with van der Waals surface area (Å²) in [5, 5.41) is 3.58. The lowest BCUT2D eigenvalue weighted by Gasteiger charge is -2.22. The van der Waals surface area contributed by atoms with E-state index in [9.17, 15) is 0 Å². The average Bonchev–Trinajstić information content (AvgIpc) is 2.67. The van der Waals surface area contributed by atoms with Crippen LogP contribution in [0, 0.1) is 0 Å². The van der Waals surface area contributed by atoms with E-state index in [0.717, 1.165) is 0 Å². The summed E-state index contributed by atoms with van der Waals surface area (Å²) in [7, 11) is 0. The normalized spacial score (nSPS) is 21.6. The molecule has 1 aliphatic heterocycles. The summed E-state index contributed by atoms with van der Waals surface area (Å²) in [6.07, 6.45) is 5.24. The quantitative estimate of drug-likeness (QED) is 0.821. The van der Waals surface area contributed by atoms with E-state index in [0.29, 0.717) is 6.04 Å². The molecule has 80 valence electrons. The van der Waals surface area contributed by atoms with Crippen molar-refractivity contribution in [2.75, 3.05) is 6.54 Å². The molecule has 3 heteroatoms. The molecule has 0 aromatic carbocycles. The molecule has 1 saturated heterocycles. The number of halogens is 1. The highest BCUT2D eigenvalue weighted by atomic mass is 35.5. The Hall–Kier alpha value is -0.0500. The second-order valence-electron chi connectivity index (χ2n) is 3.66. The second kappa shape index (κ2) is 5.74. The Morgan fingerprint density at radius 3 is 2.86 bits per heavy atom. The van der Waals surface area contributed by atoms with Crippen LogP contribution in [0.1, 0.15) is 42.0 Å². The van der Waals surface area contributed by atoms with Crippen LogP contribution in [0.3, 0.4) is 0 Å². The third-order valence-electron chi connectivity index (χ3n) is 2.68. The van der Waals surface area contributed by atoms with Gasteiger partial charge < -0.3 is 5.32 Å². The highest BCUT2D eigenvalue weighted by molar-refractivity contribution is 7.12. The van der Waals surface area contributed by atoms with Crippen LogP contribution in [0.15, 0.2) is 12.1 Å². The van der Waals surface area contributed by atoms with E-state index in [2.05, 4.69) is 24.4 Å². The molecule has 0 unspecified atom stereocenters. The van der Waals surface area contributed by atoms with E-state index in [1.165, 1.54) is 42.0 Å². The third-order valence-corrected chi connectivity index (χ3v) is 4.03. The summed E-state index contributed by atoms with van der Waals surface area (Å²) < 4.78 is 0. The van der Waals surface area contributed by atoms with Gasteiger partial charge in [-0.15, -0.1) is 23.7 Å². The van der Waals surface area contributed by atoms with Gasteiger partial charge in [0.2, 0.25) is 0 Å². The molecular formula is C11H18ClNS. The van der Waals surface area contributed by atoms with Crippen LogP contribution in [-0.4, -0.2) is 6.54 Å². The molecule has 1 N–H and O–H groups in total. The van der Waals surface area contributed by atoms with Gasteiger partial charge in [-0.2, -0.15) is 0 Å². The van der Waals surface area contributed by atoms with Gasteiger partial charge >= 0.3 is 0 Å². The number of piperidine rings is 1. The van der Waals surface area contributed by atoms with Crippen molar-refractivity contribution in [3.8, 4) is 0 Å². The van der Waals surface area contributed by atoms with Crippen molar-refractivity contribution in [1.82, 2.24) is 5.32 Å². The van der Waals surface area contributed by atoms with Gasteiger partial charge in [-0.1, -0.05) is 13.3 Å². The molecule has 1 nitrogen and oxygen atoms in total. The van der Waals surface area contributed by atoms with Crippen molar-refractivity contribution >= 4 is 23.7 Å². The Morgan fingerprint density at radius 1 is 1.43 bits per heavy atom. The van der Waals surface area contributed by atoms with Gasteiger partial charge in [0.15, 0.2) is 0 Å². The van der Waals surface area contributed by atoms with Gasteiger partial charge in [0.1, 0.15) is 0 Å². The van der Waals surface area contributed by atoms with Crippen molar-refractivity contribution in [3.05, 3.63) is 21.9 Å². The van der Waals surface area contributed by atoms with Gasteiger partial charge in [-0.3, -0.25) is 0 Å². The number of rotatable bonds is 2. The third kappa shape index (κ3) is 2.72. The smallest absolute Gasteiger partial charge is 0.0414 e.